The van der Waals surface area contributed by atoms with E-state index in [4.69, 9.17) is 18.7 Å². The number of ether oxygens (including phenoxy) is 3. The van der Waals surface area contributed by atoms with Gasteiger partial charge in [-0.05, 0) is 43.7 Å². The molecule has 7 nitrogen and oxygen atoms in total. The number of nitrogens with zero attached hydrogens (tertiary/aromatic N) is 2. The summed E-state index contributed by atoms with van der Waals surface area (Å²) in [4.78, 5) is 2.41. The number of hydrogen-bond donors (Lipinski definition) is 1. The summed E-state index contributed by atoms with van der Waals surface area (Å²) in [5.74, 6) is 4.03. The molecule has 3 aliphatic rings. The normalized spacial score (nSPS) is 29.7. The van der Waals surface area contributed by atoms with E-state index in [0.29, 0.717) is 17.6 Å². The van der Waals surface area contributed by atoms with Gasteiger partial charge in [0.2, 0.25) is 6.79 Å². The number of aryl methyl sites for hydroxylation is 1. The van der Waals surface area contributed by atoms with E-state index in [-0.39, 0.29) is 12.9 Å². The first-order chi connectivity index (χ1) is 13.1. The molecule has 7 heteroatoms. The van der Waals surface area contributed by atoms with Crippen LogP contribution in [0.5, 0.6) is 17.2 Å². The van der Waals surface area contributed by atoms with Crippen molar-refractivity contribution in [3.05, 3.63) is 35.7 Å². The van der Waals surface area contributed by atoms with Crippen LogP contribution in [-0.2, 0) is 6.54 Å². The number of aliphatic hydroxyl groups excluding tert-OH is 1. The van der Waals surface area contributed by atoms with Crippen molar-refractivity contribution in [2.45, 2.75) is 38.5 Å². The molecule has 1 aromatic heterocycles. The molecule has 1 N–H and O–H groups in total. The molecule has 0 radical (unpaired) electrons. The van der Waals surface area contributed by atoms with E-state index in [0.717, 1.165) is 55.4 Å². The van der Waals surface area contributed by atoms with E-state index in [9.17, 15) is 5.11 Å². The second-order valence-electron chi connectivity index (χ2n) is 7.85. The van der Waals surface area contributed by atoms with Crippen LogP contribution < -0.4 is 14.2 Å². The van der Waals surface area contributed by atoms with Crippen LogP contribution in [0, 0.1) is 18.8 Å². The molecule has 2 aromatic rings. The number of likely N-dealkylation sites (tertiary alicyclic amines) is 1. The van der Waals surface area contributed by atoms with Gasteiger partial charge in [0.05, 0.1) is 11.8 Å². The average molecular weight is 372 g/mol. The Labute approximate surface area is 157 Å². The maximum Gasteiger partial charge on any atom is 0.231 e. The molecule has 1 aromatic carbocycles. The lowest BCUT2D eigenvalue weighted by Crippen LogP contribution is -2.42. The zero-order valence-corrected chi connectivity index (χ0v) is 15.3. The summed E-state index contributed by atoms with van der Waals surface area (Å²) in [6, 6.07) is 7.56. The lowest BCUT2D eigenvalue weighted by molar-refractivity contribution is -0.0232. The molecule has 144 valence electrons. The summed E-state index contributed by atoms with van der Waals surface area (Å²) in [6.07, 6.45) is 0.981. The summed E-state index contributed by atoms with van der Waals surface area (Å²) >= 11 is 0. The zero-order chi connectivity index (χ0) is 18.4. The van der Waals surface area contributed by atoms with Crippen LogP contribution in [0.1, 0.15) is 24.3 Å². The Balaban J connectivity index is 1.22. The van der Waals surface area contributed by atoms with Crippen molar-refractivity contribution in [1.82, 2.24) is 10.1 Å². The molecule has 2 aliphatic heterocycles. The van der Waals surface area contributed by atoms with Crippen molar-refractivity contribution in [2.75, 3.05) is 19.9 Å². The number of benzene rings is 1. The van der Waals surface area contributed by atoms with Gasteiger partial charge in [0.1, 0.15) is 17.6 Å². The lowest BCUT2D eigenvalue weighted by Gasteiger charge is -2.35. The van der Waals surface area contributed by atoms with Crippen LogP contribution in [0.3, 0.4) is 0 Å². The van der Waals surface area contributed by atoms with Crippen molar-refractivity contribution in [1.29, 1.82) is 0 Å². The van der Waals surface area contributed by atoms with Crippen LogP contribution in [0.15, 0.2) is 28.8 Å². The fraction of sp³-hybridized carbons (Fsp3) is 0.550. The molecule has 0 bridgehead atoms. The number of fused-ring (bicyclic) bond motifs is 2. The minimum Gasteiger partial charge on any atom is -0.488 e. The summed E-state index contributed by atoms with van der Waals surface area (Å²) in [5, 5.41) is 14.7. The molecule has 2 fully saturated rings. The standard InChI is InChI=1S/C20H24N2O5/c1-12-4-15(21-27-12)10-22-8-13-5-17(23)19(6-14(13)9-22)26-16-2-3-18-20(7-16)25-11-24-18/h2-4,7,13-14,17,19,23H,5-6,8-11H2,1H3/t13-,14+,17+,19+/m0/s1. The Morgan fingerprint density at radius 1 is 1.15 bits per heavy atom. The Bertz CT molecular complexity index is 822. The molecule has 1 saturated heterocycles. The predicted octanol–water partition coefficient (Wildman–Crippen LogP) is 2.36. The second-order valence-corrected chi connectivity index (χ2v) is 7.85. The van der Waals surface area contributed by atoms with Crippen LogP contribution in [0.25, 0.3) is 0 Å². The van der Waals surface area contributed by atoms with E-state index in [2.05, 4.69) is 10.1 Å². The fourth-order valence-electron chi connectivity index (χ4n) is 4.59. The number of aliphatic hydroxyl groups is 1. The third-order valence-corrected chi connectivity index (χ3v) is 5.85. The molecule has 1 aliphatic carbocycles. The first-order valence-electron chi connectivity index (χ1n) is 9.53. The first kappa shape index (κ1) is 16.9. The number of hydrogen-bond acceptors (Lipinski definition) is 7. The highest BCUT2D eigenvalue weighted by Crippen LogP contribution is 2.40. The SMILES string of the molecule is Cc1cc(CN2C[C@H]3C[C@@H](Oc4ccc5c(c4)OCO5)[C@H](O)C[C@H]3C2)no1. The van der Waals surface area contributed by atoms with Crippen LogP contribution >= 0.6 is 0 Å². The molecule has 0 spiro atoms. The Hall–Kier alpha value is -2.25. The van der Waals surface area contributed by atoms with Gasteiger partial charge < -0.3 is 23.8 Å². The lowest BCUT2D eigenvalue weighted by atomic mass is 9.78. The van der Waals surface area contributed by atoms with Gasteiger partial charge in [-0.15, -0.1) is 0 Å². The van der Waals surface area contributed by atoms with Gasteiger partial charge in [0.25, 0.3) is 0 Å². The van der Waals surface area contributed by atoms with Crippen LogP contribution in [0.4, 0.5) is 0 Å². The molecule has 27 heavy (non-hydrogen) atoms. The van der Waals surface area contributed by atoms with E-state index in [1.165, 1.54) is 0 Å². The minimum atomic E-state index is -0.453. The number of rotatable bonds is 4. The van der Waals surface area contributed by atoms with E-state index in [1.807, 2.05) is 31.2 Å². The summed E-state index contributed by atoms with van der Waals surface area (Å²) < 4.78 is 22.0. The molecular formula is C20H24N2O5. The molecule has 0 amide bonds. The fourth-order valence-corrected chi connectivity index (χ4v) is 4.59. The van der Waals surface area contributed by atoms with E-state index in [1.54, 1.807) is 0 Å². The van der Waals surface area contributed by atoms with Crippen molar-refractivity contribution in [3.63, 3.8) is 0 Å². The largest absolute Gasteiger partial charge is 0.488 e. The first-order valence-corrected chi connectivity index (χ1v) is 9.53. The predicted molar refractivity (Wildman–Crippen MR) is 95.7 cm³/mol. The van der Waals surface area contributed by atoms with E-state index >= 15 is 0 Å². The molecular weight excluding hydrogens is 348 g/mol. The zero-order valence-electron chi connectivity index (χ0n) is 15.3. The Kier molecular flexibility index (Phi) is 4.21. The highest BCUT2D eigenvalue weighted by atomic mass is 16.7. The maximum atomic E-state index is 10.6. The van der Waals surface area contributed by atoms with Gasteiger partial charge in [-0.25, -0.2) is 0 Å². The molecule has 5 rings (SSSR count). The monoisotopic (exact) mass is 372 g/mol. The van der Waals surface area contributed by atoms with Crippen molar-refractivity contribution >= 4 is 0 Å². The van der Waals surface area contributed by atoms with Crippen LogP contribution in [0.2, 0.25) is 0 Å². The molecule has 1 saturated carbocycles. The Morgan fingerprint density at radius 3 is 2.78 bits per heavy atom. The van der Waals surface area contributed by atoms with E-state index < -0.39 is 6.10 Å². The Morgan fingerprint density at radius 2 is 1.96 bits per heavy atom. The topological polar surface area (TPSA) is 77.2 Å². The number of aromatic nitrogens is 1. The third-order valence-electron chi connectivity index (χ3n) is 5.85. The second kappa shape index (κ2) is 6.73. The van der Waals surface area contributed by atoms with Crippen molar-refractivity contribution in [2.24, 2.45) is 11.8 Å². The summed E-state index contributed by atoms with van der Waals surface area (Å²) in [7, 11) is 0. The van der Waals surface area contributed by atoms with Crippen molar-refractivity contribution in [3.8, 4) is 17.2 Å². The molecule has 0 unspecified atom stereocenters. The van der Waals surface area contributed by atoms with Gasteiger partial charge in [-0.3, -0.25) is 4.90 Å². The van der Waals surface area contributed by atoms with Gasteiger partial charge in [-0.2, -0.15) is 0 Å². The van der Waals surface area contributed by atoms with Gasteiger partial charge in [0.15, 0.2) is 11.5 Å². The minimum absolute atomic E-state index is 0.194. The summed E-state index contributed by atoms with van der Waals surface area (Å²) in [5.41, 5.74) is 0.972. The van der Waals surface area contributed by atoms with Gasteiger partial charge in [-0.1, -0.05) is 5.16 Å². The van der Waals surface area contributed by atoms with Crippen LogP contribution in [-0.4, -0.2) is 47.3 Å². The van der Waals surface area contributed by atoms with Crippen molar-refractivity contribution < 1.29 is 23.8 Å². The van der Waals surface area contributed by atoms with Gasteiger partial charge >= 0.3 is 0 Å². The summed E-state index contributed by atoms with van der Waals surface area (Å²) in [6.45, 7) is 4.95. The third kappa shape index (κ3) is 3.37. The molecule has 4 atom stereocenters. The highest BCUT2D eigenvalue weighted by Gasteiger charge is 2.42. The smallest absolute Gasteiger partial charge is 0.231 e. The molecule has 3 heterocycles. The highest BCUT2D eigenvalue weighted by molar-refractivity contribution is 5.47. The maximum absolute atomic E-state index is 10.6. The van der Waals surface area contributed by atoms with Gasteiger partial charge in [0, 0.05) is 31.8 Å². The quantitative estimate of drug-likeness (QED) is 0.883. The average Bonchev–Trinajstić information content (AvgIpc) is 3.35.